The van der Waals surface area contributed by atoms with Crippen molar-refractivity contribution in [1.29, 1.82) is 0 Å². The van der Waals surface area contributed by atoms with Crippen LogP contribution in [0.25, 0.3) is 21.8 Å². The number of aliphatic hydroxyl groups excluding tert-OH is 1. The molecular formula is C49H56N8O9S. The van der Waals surface area contributed by atoms with Crippen molar-refractivity contribution in [1.82, 2.24) is 41.2 Å². The summed E-state index contributed by atoms with van der Waals surface area (Å²) >= 11 is 1.56. The number of phenolic OH excluding ortho intramolecular Hbond substituents is 1. The zero-order chi connectivity index (χ0) is 48.2. The molecule has 6 amide bonds. The number of nitrogens with one attached hydrogen (secondary N) is 4. The van der Waals surface area contributed by atoms with Gasteiger partial charge in [0.2, 0.25) is 17.7 Å². The van der Waals surface area contributed by atoms with Gasteiger partial charge in [0.1, 0.15) is 17.8 Å². The van der Waals surface area contributed by atoms with Crippen molar-refractivity contribution in [3.05, 3.63) is 111 Å². The molecule has 352 valence electrons. The molecule has 2 aliphatic rings. The summed E-state index contributed by atoms with van der Waals surface area (Å²) in [7, 11) is 3.16. The van der Waals surface area contributed by atoms with E-state index in [0.29, 0.717) is 24.0 Å². The number of fused-ring (bicyclic) bond motifs is 1. The molecule has 5 aromatic rings. The monoisotopic (exact) mass is 932 g/mol. The van der Waals surface area contributed by atoms with Gasteiger partial charge >= 0.3 is 0 Å². The molecule has 0 radical (unpaired) electrons. The van der Waals surface area contributed by atoms with Crippen molar-refractivity contribution in [2.45, 2.75) is 90.6 Å². The third-order valence-electron chi connectivity index (χ3n) is 12.0. The quantitative estimate of drug-likeness (QED) is 0.0771. The number of aryl methyl sites for hydroxylation is 2. The summed E-state index contributed by atoms with van der Waals surface area (Å²) in [5.41, 5.74) is 6.67. The van der Waals surface area contributed by atoms with E-state index in [9.17, 15) is 39.0 Å². The maximum Gasteiger partial charge on any atom is 0.273 e. The van der Waals surface area contributed by atoms with E-state index in [1.54, 1.807) is 49.1 Å². The highest BCUT2D eigenvalue weighted by molar-refractivity contribution is 7.13. The number of amides is 6. The first-order chi connectivity index (χ1) is 31.9. The highest BCUT2D eigenvalue weighted by atomic mass is 32.1. The molecule has 3 heterocycles. The van der Waals surface area contributed by atoms with Gasteiger partial charge in [-0.3, -0.25) is 28.8 Å². The van der Waals surface area contributed by atoms with Crippen LogP contribution < -0.4 is 21.3 Å². The topological polar surface area (TPSA) is 236 Å². The molecule has 17 nitrogen and oxygen atoms in total. The summed E-state index contributed by atoms with van der Waals surface area (Å²) < 4.78 is 5.40. The zero-order valence-corrected chi connectivity index (χ0v) is 39.2. The van der Waals surface area contributed by atoms with E-state index in [2.05, 4.69) is 31.4 Å². The van der Waals surface area contributed by atoms with Gasteiger partial charge < -0.3 is 45.8 Å². The van der Waals surface area contributed by atoms with Gasteiger partial charge in [0.25, 0.3) is 17.7 Å². The number of hydrogen-bond donors (Lipinski definition) is 6. The highest BCUT2D eigenvalue weighted by Crippen LogP contribution is 2.34. The van der Waals surface area contributed by atoms with Crippen LogP contribution in [0, 0.1) is 12.3 Å². The molecule has 6 N–H and O–H groups in total. The number of hydrogen-bond acceptors (Lipinski definition) is 12. The Morgan fingerprint density at radius 1 is 0.955 bits per heavy atom. The fraction of sp³-hybridized carbons (Fsp3) is 0.388. The van der Waals surface area contributed by atoms with Crippen LogP contribution in [0.3, 0.4) is 0 Å². The van der Waals surface area contributed by atoms with Crippen LogP contribution >= 0.6 is 11.3 Å². The lowest BCUT2D eigenvalue weighted by Crippen LogP contribution is -2.57. The fourth-order valence-electron chi connectivity index (χ4n) is 8.32. The van der Waals surface area contributed by atoms with Gasteiger partial charge in [0, 0.05) is 63.8 Å². The van der Waals surface area contributed by atoms with Crippen molar-refractivity contribution in [3.8, 4) is 27.5 Å². The maximum atomic E-state index is 14.1. The van der Waals surface area contributed by atoms with E-state index in [1.807, 2.05) is 58.0 Å². The average molecular weight is 933 g/mol. The van der Waals surface area contributed by atoms with Gasteiger partial charge in [0.15, 0.2) is 11.5 Å². The molecule has 0 saturated carbocycles. The van der Waals surface area contributed by atoms with Crippen LogP contribution in [0.15, 0.2) is 76.8 Å². The molecule has 3 aromatic carbocycles. The first-order valence-electron chi connectivity index (χ1n) is 22.2. The molecular weight excluding hydrogens is 877 g/mol. The van der Waals surface area contributed by atoms with Crippen LogP contribution in [0.1, 0.15) is 106 Å². The first kappa shape index (κ1) is 48.0. The molecule has 1 aliphatic carbocycles. The highest BCUT2D eigenvalue weighted by Gasteiger charge is 2.44. The van der Waals surface area contributed by atoms with Crippen LogP contribution in [-0.2, 0) is 27.3 Å². The number of rotatable bonds is 15. The van der Waals surface area contributed by atoms with Crippen molar-refractivity contribution in [2.24, 2.45) is 5.41 Å². The summed E-state index contributed by atoms with van der Waals surface area (Å²) in [5.74, 6) is -2.47. The lowest BCUT2D eigenvalue weighted by atomic mass is 9.85. The second-order valence-corrected chi connectivity index (χ2v) is 19.1. The number of likely N-dealkylation sites (tertiary alicyclic amines) is 1. The number of aromatic hydroxyl groups is 1. The van der Waals surface area contributed by atoms with Crippen molar-refractivity contribution in [3.63, 3.8) is 0 Å². The van der Waals surface area contributed by atoms with Crippen LogP contribution in [0.5, 0.6) is 5.75 Å². The van der Waals surface area contributed by atoms with Crippen LogP contribution in [0.2, 0.25) is 0 Å². The lowest BCUT2D eigenvalue weighted by molar-refractivity contribution is -0.144. The van der Waals surface area contributed by atoms with Gasteiger partial charge in [0.05, 0.1) is 33.8 Å². The third-order valence-corrected chi connectivity index (χ3v) is 13.0. The fourth-order valence-corrected chi connectivity index (χ4v) is 9.13. The second-order valence-electron chi connectivity index (χ2n) is 18.3. The standard InChI is InChI=1S/C49H56N8O9S/c1-27-42(67-26-52-27)30-11-9-28(10-12-30)24-51-46(63)38-22-33(58)25-57(38)48(65)43(49(2,3)4)54-41(60)8-7-19-50-44(61)32-14-13-29-16-18-36(35(29)20-32)53-45(62)37-23-40(66-55-37)31-15-17-34(39(59)21-31)47(64)56(5)6/h9-15,17,20-21,23,26,33,36,38,43,58-59H,7-8,16,18-19,22,24-25H2,1-6H3,(H,50,61)(H,51,63)(H,53,62)(H,54,60)/t33-,36-,38+,43-/m1/s1. The molecule has 4 atom stereocenters. The Bertz CT molecular complexity index is 2670. The number of phenols is 1. The molecule has 18 heteroatoms. The number of aromatic nitrogens is 2. The Kier molecular flexibility index (Phi) is 14.6. The SMILES string of the molecule is Cc1ncsc1-c1ccc(CNC(=O)[C@@H]2C[C@@H](O)CN2C(=O)[C@@H](NC(=O)CCCNC(=O)c2ccc3c(c2)[C@H](NC(=O)c2cc(-c4ccc(C(=O)N(C)C)c(O)c4)on2)CC3)C(C)(C)C)cc1. The third kappa shape index (κ3) is 11.2. The molecule has 1 saturated heterocycles. The average Bonchev–Trinajstić information content (AvgIpc) is 4.13. The Hall–Kier alpha value is -6.92. The smallest absolute Gasteiger partial charge is 0.273 e. The minimum atomic E-state index is -0.989. The molecule has 0 unspecified atom stereocenters. The normalized spacial score (nSPS) is 17.1. The van der Waals surface area contributed by atoms with Crippen molar-refractivity contribution < 1.29 is 43.5 Å². The number of aliphatic hydroxyl groups is 1. The van der Waals surface area contributed by atoms with E-state index in [4.69, 9.17) is 4.52 Å². The maximum absolute atomic E-state index is 14.1. The summed E-state index contributed by atoms with van der Waals surface area (Å²) in [6, 6.07) is 16.7. The number of carbonyl (C=O) groups is 6. The van der Waals surface area contributed by atoms with Gasteiger partial charge in [-0.05, 0) is 78.1 Å². The van der Waals surface area contributed by atoms with Gasteiger partial charge in [-0.1, -0.05) is 62.3 Å². The Balaban J connectivity index is 0.885. The molecule has 7 rings (SSSR count). The van der Waals surface area contributed by atoms with Gasteiger partial charge in [-0.2, -0.15) is 0 Å². The molecule has 1 aliphatic heterocycles. The zero-order valence-electron chi connectivity index (χ0n) is 38.3. The van der Waals surface area contributed by atoms with Crippen LogP contribution in [-0.4, -0.2) is 111 Å². The minimum absolute atomic E-state index is 0.0126. The molecule has 67 heavy (non-hydrogen) atoms. The van der Waals surface area contributed by atoms with E-state index < -0.39 is 53.3 Å². The lowest BCUT2D eigenvalue weighted by Gasteiger charge is -2.35. The summed E-state index contributed by atoms with van der Waals surface area (Å²) in [5, 5.41) is 36.6. The van der Waals surface area contributed by atoms with Crippen molar-refractivity contribution in [2.75, 3.05) is 27.2 Å². The second kappa shape index (κ2) is 20.3. The minimum Gasteiger partial charge on any atom is -0.507 e. The first-order valence-corrected chi connectivity index (χ1v) is 23.0. The van der Waals surface area contributed by atoms with E-state index >= 15 is 0 Å². The predicted octanol–water partition coefficient (Wildman–Crippen LogP) is 4.92. The van der Waals surface area contributed by atoms with Gasteiger partial charge in [-0.15, -0.1) is 11.3 Å². The predicted molar refractivity (Wildman–Crippen MR) is 250 cm³/mol. The molecule has 0 bridgehead atoms. The van der Waals surface area contributed by atoms with E-state index in [0.717, 1.165) is 32.8 Å². The number of carbonyl (C=O) groups excluding carboxylic acids is 6. The van der Waals surface area contributed by atoms with E-state index in [1.165, 1.54) is 28.0 Å². The Morgan fingerprint density at radius 3 is 2.39 bits per heavy atom. The molecule has 0 spiro atoms. The molecule has 2 aromatic heterocycles. The number of thiazole rings is 1. The number of β-amino-alcohol motifs (C(OH)–C–C–N with tert-alkyl or cyclic N) is 1. The Labute approximate surface area is 392 Å². The van der Waals surface area contributed by atoms with Crippen LogP contribution in [0.4, 0.5) is 0 Å². The Morgan fingerprint density at radius 2 is 1.70 bits per heavy atom. The number of nitrogens with zero attached hydrogens (tertiary/aromatic N) is 4. The summed E-state index contributed by atoms with van der Waals surface area (Å²) in [6.45, 7) is 7.77. The number of benzene rings is 3. The summed E-state index contributed by atoms with van der Waals surface area (Å²) in [4.78, 5) is 87.8. The van der Waals surface area contributed by atoms with E-state index in [-0.39, 0.29) is 73.5 Å². The van der Waals surface area contributed by atoms with Crippen molar-refractivity contribution >= 4 is 46.8 Å². The molecule has 1 fully saturated rings. The summed E-state index contributed by atoms with van der Waals surface area (Å²) in [6.07, 6.45) is 0.757. The van der Waals surface area contributed by atoms with Gasteiger partial charge in [-0.25, -0.2) is 4.98 Å². The largest absolute Gasteiger partial charge is 0.507 e.